The molecule has 0 aliphatic rings. The third kappa shape index (κ3) is 4.45. The molecule has 0 fully saturated rings. The molecule has 0 radical (unpaired) electrons. The number of nitrogens with zero attached hydrogens (tertiary/aromatic N) is 1. The van der Waals surface area contributed by atoms with Crippen LogP contribution in [0.15, 0.2) is 18.2 Å². The van der Waals surface area contributed by atoms with Crippen molar-refractivity contribution < 1.29 is 4.74 Å². The van der Waals surface area contributed by atoms with Crippen molar-refractivity contribution in [3.63, 3.8) is 0 Å². The molecule has 0 saturated carbocycles. The first-order chi connectivity index (χ1) is 8.71. The molecule has 0 atom stereocenters. The van der Waals surface area contributed by atoms with Crippen molar-refractivity contribution in [3.05, 3.63) is 18.2 Å². The summed E-state index contributed by atoms with van der Waals surface area (Å²) in [5.74, 6) is 0.791. The maximum absolute atomic E-state index is 5.95. The number of benzene rings is 1. The van der Waals surface area contributed by atoms with E-state index in [0.29, 0.717) is 0 Å². The number of nitrogens with two attached hydrogens (primary N) is 1. The van der Waals surface area contributed by atoms with Gasteiger partial charge in [-0.1, -0.05) is 13.8 Å². The van der Waals surface area contributed by atoms with Crippen LogP contribution in [0.5, 0.6) is 5.75 Å². The van der Waals surface area contributed by atoms with E-state index in [0.717, 1.165) is 43.3 Å². The van der Waals surface area contributed by atoms with Crippen LogP contribution in [0.3, 0.4) is 0 Å². The van der Waals surface area contributed by atoms with E-state index >= 15 is 0 Å². The van der Waals surface area contributed by atoms with Crippen LogP contribution >= 0.6 is 0 Å². The number of hydrogen-bond acceptors (Lipinski definition) is 4. The van der Waals surface area contributed by atoms with E-state index < -0.39 is 0 Å². The number of hydrogen-bond donors (Lipinski definition) is 2. The summed E-state index contributed by atoms with van der Waals surface area (Å²) >= 11 is 0. The van der Waals surface area contributed by atoms with Gasteiger partial charge in [-0.15, -0.1) is 0 Å². The highest BCUT2D eigenvalue weighted by Crippen LogP contribution is 2.23. The minimum atomic E-state index is 0.730. The molecule has 1 aromatic rings. The molecule has 0 saturated heterocycles. The summed E-state index contributed by atoms with van der Waals surface area (Å²) in [5.41, 5.74) is 7.65. The Balaban J connectivity index is 2.43. The zero-order valence-electron chi connectivity index (χ0n) is 11.7. The number of likely N-dealkylation sites (N-methyl/N-ethyl adjacent to an activating group) is 1. The van der Waals surface area contributed by atoms with Crippen molar-refractivity contribution in [1.29, 1.82) is 0 Å². The quantitative estimate of drug-likeness (QED) is 0.697. The number of ether oxygens (including phenoxy) is 1. The Morgan fingerprint density at radius 2 is 2.06 bits per heavy atom. The first-order valence-electron chi connectivity index (χ1n) is 6.61. The van der Waals surface area contributed by atoms with Gasteiger partial charge in [-0.05, 0) is 31.6 Å². The van der Waals surface area contributed by atoms with Crippen LogP contribution in [-0.2, 0) is 0 Å². The Bertz CT molecular complexity index is 355. The second kappa shape index (κ2) is 7.82. The van der Waals surface area contributed by atoms with E-state index in [4.69, 9.17) is 10.5 Å². The summed E-state index contributed by atoms with van der Waals surface area (Å²) in [7, 11) is 1.64. The first-order valence-corrected chi connectivity index (χ1v) is 6.61. The summed E-state index contributed by atoms with van der Waals surface area (Å²) in [5, 5.41) is 3.37. The lowest BCUT2D eigenvalue weighted by Crippen LogP contribution is -2.29. The number of nitrogens with one attached hydrogen (secondary N) is 1. The monoisotopic (exact) mass is 251 g/mol. The van der Waals surface area contributed by atoms with Crippen molar-refractivity contribution >= 4 is 11.4 Å². The van der Waals surface area contributed by atoms with Gasteiger partial charge >= 0.3 is 0 Å². The molecule has 102 valence electrons. The molecule has 0 aliphatic heterocycles. The average molecular weight is 251 g/mol. The van der Waals surface area contributed by atoms with E-state index in [2.05, 4.69) is 24.1 Å². The lowest BCUT2D eigenvalue weighted by atomic mass is 10.2. The first kappa shape index (κ1) is 14.6. The largest absolute Gasteiger partial charge is 0.497 e. The Morgan fingerprint density at radius 3 is 2.61 bits per heavy atom. The van der Waals surface area contributed by atoms with Gasteiger partial charge in [0.1, 0.15) is 5.75 Å². The van der Waals surface area contributed by atoms with Crippen LogP contribution < -0.4 is 15.8 Å². The topological polar surface area (TPSA) is 50.5 Å². The van der Waals surface area contributed by atoms with Crippen molar-refractivity contribution in [2.24, 2.45) is 0 Å². The van der Waals surface area contributed by atoms with Gasteiger partial charge in [0.2, 0.25) is 0 Å². The molecule has 4 nitrogen and oxygen atoms in total. The second-order valence-electron chi connectivity index (χ2n) is 4.31. The number of rotatable bonds is 8. The average Bonchev–Trinajstić information content (AvgIpc) is 2.39. The number of anilines is 2. The van der Waals surface area contributed by atoms with Gasteiger partial charge in [-0.25, -0.2) is 0 Å². The SMILES string of the molecule is CCCN(CC)CCNc1ccc(OC)cc1N. The Hall–Kier alpha value is -1.42. The molecule has 18 heavy (non-hydrogen) atoms. The third-order valence-electron chi connectivity index (χ3n) is 2.99. The lowest BCUT2D eigenvalue weighted by molar-refractivity contribution is 0.300. The molecule has 0 aromatic heterocycles. The molecular weight excluding hydrogens is 226 g/mol. The highest BCUT2D eigenvalue weighted by atomic mass is 16.5. The molecule has 1 aromatic carbocycles. The van der Waals surface area contributed by atoms with E-state index in [9.17, 15) is 0 Å². The van der Waals surface area contributed by atoms with E-state index in [1.54, 1.807) is 7.11 Å². The van der Waals surface area contributed by atoms with E-state index in [1.165, 1.54) is 6.42 Å². The minimum Gasteiger partial charge on any atom is -0.497 e. The zero-order valence-corrected chi connectivity index (χ0v) is 11.7. The standard InChI is InChI=1S/C14H25N3O/c1-4-9-17(5-2)10-8-16-14-7-6-12(18-3)11-13(14)15/h6-7,11,16H,4-5,8-10,15H2,1-3H3. The van der Waals surface area contributed by atoms with Crippen molar-refractivity contribution in [2.75, 3.05) is 44.3 Å². The third-order valence-corrected chi connectivity index (χ3v) is 2.99. The van der Waals surface area contributed by atoms with Gasteiger partial charge < -0.3 is 20.7 Å². The summed E-state index contributed by atoms with van der Waals surface area (Å²) in [6.45, 7) is 8.58. The van der Waals surface area contributed by atoms with Gasteiger partial charge in [0.05, 0.1) is 18.5 Å². The minimum absolute atomic E-state index is 0.730. The van der Waals surface area contributed by atoms with Crippen molar-refractivity contribution in [3.8, 4) is 5.75 Å². The maximum Gasteiger partial charge on any atom is 0.121 e. The molecule has 0 unspecified atom stereocenters. The predicted octanol–water partition coefficient (Wildman–Crippen LogP) is 2.42. The fourth-order valence-corrected chi connectivity index (χ4v) is 1.92. The molecule has 0 amide bonds. The molecule has 4 heteroatoms. The van der Waals surface area contributed by atoms with E-state index in [1.807, 2.05) is 18.2 Å². The van der Waals surface area contributed by atoms with Gasteiger partial charge in [-0.2, -0.15) is 0 Å². The number of nitrogen functional groups attached to an aromatic ring is 1. The molecule has 0 aliphatic carbocycles. The summed E-state index contributed by atoms with van der Waals surface area (Å²) < 4.78 is 5.13. The normalized spacial score (nSPS) is 10.7. The maximum atomic E-state index is 5.95. The lowest BCUT2D eigenvalue weighted by Gasteiger charge is -2.20. The van der Waals surface area contributed by atoms with Gasteiger partial charge in [-0.3, -0.25) is 0 Å². The molecular formula is C14H25N3O. The fraction of sp³-hybridized carbons (Fsp3) is 0.571. The van der Waals surface area contributed by atoms with Gasteiger partial charge in [0.15, 0.2) is 0 Å². The summed E-state index contributed by atoms with van der Waals surface area (Å²) in [6.07, 6.45) is 1.19. The second-order valence-corrected chi connectivity index (χ2v) is 4.31. The van der Waals surface area contributed by atoms with Crippen molar-refractivity contribution in [2.45, 2.75) is 20.3 Å². The molecule has 0 spiro atoms. The van der Waals surface area contributed by atoms with Crippen LogP contribution in [0.25, 0.3) is 0 Å². The van der Waals surface area contributed by atoms with Crippen LogP contribution in [-0.4, -0.2) is 38.2 Å². The van der Waals surface area contributed by atoms with Gasteiger partial charge in [0.25, 0.3) is 0 Å². The highest BCUT2D eigenvalue weighted by Gasteiger charge is 2.03. The van der Waals surface area contributed by atoms with Gasteiger partial charge in [0, 0.05) is 19.2 Å². The smallest absolute Gasteiger partial charge is 0.121 e. The highest BCUT2D eigenvalue weighted by molar-refractivity contribution is 5.68. The van der Waals surface area contributed by atoms with Crippen LogP contribution in [0, 0.1) is 0 Å². The molecule has 3 N–H and O–H groups in total. The molecule has 0 heterocycles. The Morgan fingerprint density at radius 1 is 1.28 bits per heavy atom. The summed E-state index contributed by atoms with van der Waals surface area (Å²) in [4.78, 5) is 2.42. The Kier molecular flexibility index (Phi) is 6.36. The number of methoxy groups -OCH3 is 1. The van der Waals surface area contributed by atoms with E-state index in [-0.39, 0.29) is 0 Å². The molecule has 0 bridgehead atoms. The van der Waals surface area contributed by atoms with Crippen LogP contribution in [0.1, 0.15) is 20.3 Å². The van der Waals surface area contributed by atoms with Crippen LogP contribution in [0.4, 0.5) is 11.4 Å². The molecule has 1 rings (SSSR count). The predicted molar refractivity (Wildman–Crippen MR) is 78.3 cm³/mol. The fourth-order valence-electron chi connectivity index (χ4n) is 1.92. The summed E-state index contributed by atoms with van der Waals surface area (Å²) in [6, 6.07) is 5.72. The van der Waals surface area contributed by atoms with Crippen molar-refractivity contribution in [1.82, 2.24) is 4.90 Å². The Labute approximate surface area is 110 Å². The zero-order chi connectivity index (χ0) is 13.4. The van der Waals surface area contributed by atoms with Crippen LogP contribution in [0.2, 0.25) is 0 Å².